The predicted molar refractivity (Wildman–Crippen MR) is 99.2 cm³/mol. The average molecular weight is 335 g/mol. The van der Waals surface area contributed by atoms with Crippen molar-refractivity contribution in [2.24, 2.45) is 0 Å². The van der Waals surface area contributed by atoms with Gasteiger partial charge in [-0.3, -0.25) is 4.79 Å². The van der Waals surface area contributed by atoms with Gasteiger partial charge in [-0.25, -0.2) is 0 Å². The third-order valence-electron chi connectivity index (χ3n) is 4.56. The highest BCUT2D eigenvalue weighted by Gasteiger charge is 2.15. The third kappa shape index (κ3) is 2.20. The average Bonchev–Trinajstić information content (AvgIpc) is 2.66. The molecule has 1 heterocycles. The molecule has 5 heteroatoms. The quantitative estimate of drug-likeness (QED) is 0.578. The number of hydrogen-bond donors (Lipinski definition) is 1. The van der Waals surface area contributed by atoms with Crippen LogP contribution in [0.25, 0.3) is 32.3 Å². The van der Waals surface area contributed by atoms with Gasteiger partial charge in [0, 0.05) is 6.20 Å². The number of aromatic nitrogens is 1. The lowest BCUT2D eigenvalue weighted by atomic mass is 9.94. The molecule has 0 bridgehead atoms. The summed E-state index contributed by atoms with van der Waals surface area (Å²) in [5.41, 5.74) is -0.132. The first-order valence-corrected chi connectivity index (χ1v) is 7.84. The Balaban J connectivity index is 2.33. The number of methoxy groups -OCH3 is 3. The Labute approximate surface area is 143 Å². The number of fused-ring (bicyclic) bond motifs is 6. The number of H-pyrrole nitrogens is 1. The van der Waals surface area contributed by atoms with Crippen LogP contribution >= 0.6 is 0 Å². The smallest absolute Gasteiger partial charge is 0.256 e. The van der Waals surface area contributed by atoms with Crippen molar-refractivity contribution < 1.29 is 14.2 Å². The fraction of sp³-hybridized carbons (Fsp3) is 0.150. The molecule has 0 saturated heterocycles. The van der Waals surface area contributed by atoms with Crippen LogP contribution in [0.4, 0.5) is 0 Å². The van der Waals surface area contributed by atoms with Gasteiger partial charge in [0.15, 0.2) is 11.5 Å². The van der Waals surface area contributed by atoms with Gasteiger partial charge in [-0.15, -0.1) is 0 Å². The number of benzene rings is 3. The molecular formula is C20H17NO4. The molecule has 0 fully saturated rings. The highest BCUT2D eigenvalue weighted by molar-refractivity contribution is 6.25. The SMILES string of the molecule is COc1ccc2c3cc(OC)c(OC)cc3c3cc[nH]c(=O)c3c2c1. The van der Waals surface area contributed by atoms with Crippen molar-refractivity contribution in [2.45, 2.75) is 0 Å². The molecule has 1 N–H and O–H groups in total. The van der Waals surface area contributed by atoms with Crippen molar-refractivity contribution in [1.29, 1.82) is 0 Å². The van der Waals surface area contributed by atoms with Crippen LogP contribution in [0, 0.1) is 0 Å². The Bertz CT molecular complexity index is 1180. The number of pyridine rings is 1. The lowest BCUT2D eigenvalue weighted by Crippen LogP contribution is -2.05. The van der Waals surface area contributed by atoms with E-state index in [-0.39, 0.29) is 5.56 Å². The zero-order valence-electron chi connectivity index (χ0n) is 14.2. The second-order valence-electron chi connectivity index (χ2n) is 5.76. The summed E-state index contributed by atoms with van der Waals surface area (Å²) in [5.74, 6) is 1.98. The number of hydrogen-bond acceptors (Lipinski definition) is 4. The van der Waals surface area contributed by atoms with E-state index in [0.29, 0.717) is 22.6 Å². The molecule has 0 amide bonds. The molecule has 0 radical (unpaired) electrons. The van der Waals surface area contributed by atoms with Crippen LogP contribution in [0.3, 0.4) is 0 Å². The van der Waals surface area contributed by atoms with Crippen LogP contribution in [0.1, 0.15) is 0 Å². The minimum absolute atomic E-state index is 0.132. The van der Waals surface area contributed by atoms with E-state index < -0.39 is 0 Å². The van der Waals surface area contributed by atoms with Crippen molar-refractivity contribution in [1.82, 2.24) is 4.98 Å². The number of rotatable bonds is 3. The van der Waals surface area contributed by atoms with Crippen molar-refractivity contribution >= 4 is 32.3 Å². The summed E-state index contributed by atoms with van der Waals surface area (Å²) in [4.78, 5) is 15.3. The van der Waals surface area contributed by atoms with E-state index in [1.165, 1.54) is 0 Å². The van der Waals surface area contributed by atoms with Gasteiger partial charge in [0.2, 0.25) is 0 Å². The maximum Gasteiger partial charge on any atom is 0.256 e. The van der Waals surface area contributed by atoms with Crippen LogP contribution < -0.4 is 19.8 Å². The summed E-state index contributed by atoms with van der Waals surface area (Å²) in [6.45, 7) is 0. The third-order valence-corrected chi connectivity index (χ3v) is 4.56. The standard InChI is InChI=1S/C20H17NO4/c1-23-11-4-5-12-14-9-17(24-2)18(25-3)10-15(14)13-6-7-21-20(22)19(13)16(12)8-11/h4-10H,1-3H3,(H,21,22). The topological polar surface area (TPSA) is 60.6 Å². The molecule has 3 aromatic carbocycles. The zero-order valence-corrected chi connectivity index (χ0v) is 14.2. The van der Waals surface area contributed by atoms with Gasteiger partial charge in [0.25, 0.3) is 5.56 Å². The first kappa shape index (κ1) is 15.3. The van der Waals surface area contributed by atoms with Gasteiger partial charge >= 0.3 is 0 Å². The molecule has 0 aliphatic heterocycles. The largest absolute Gasteiger partial charge is 0.497 e. The van der Waals surface area contributed by atoms with Crippen LogP contribution in [-0.4, -0.2) is 26.3 Å². The maximum absolute atomic E-state index is 12.6. The zero-order chi connectivity index (χ0) is 17.6. The van der Waals surface area contributed by atoms with Crippen LogP contribution in [0.15, 0.2) is 47.4 Å². The highest BCUT2D eigenvalue weighted by Crippen LogP contribution is 2.40. The fourth-order valence-electron chi connectivity index (χ4n) is 3.39. The molecular weight excluding hydrogens is 318 g/mol. The Morgan fingerprint density at radius 3 is 2.04 bits per heavy atom. The van der Waals surface area contributed by atoms with E-state index >= 15 is 0 Å². The molecule has 0 atom stereocenters. The lowest BCUT2D eigenvalue weighted by Gasteiger charge is -2.14. The molecule has 0 spiro atoms. The molecule has 4 aromatic rings. The molecule has 4 rings (SSSR count). The molecule has 0 saturated carbocycles. The first-order chi connectivity index (χ1) is 12.2. The van der Waals surface area contributed by atoms with E-state index in [1.54, 1.807) is 27.5 Å². The summed E-state index contributed by atoms with van der Waals surface area (Å²) < 4.78 is 16.2. The van der Waals surface area contributed by atoms with E-state index in [0.717, 1.165) is 26.9 Å². The molecule has 0 aliphatic rings. The van der Waals surface area contributed by atoms with Gasteiger partial charge in [-0.2, -0.15) is 0 Å². The summed E-state index contributed by atoms with van der Waals surface area (Å²) in [6, 6.07) is 11.5. The molecule has 5 nitrogen and oxygen atoms in total. The van der Waals surface area contributed by atoms with Crippen molar-refractivity contribution in [3.05, 3.63) is 52.9 Å². The van der Waals surface area contributed by atoms with Crippen LogP contribution in [-0.2, 0) is 0 Å². The molecule has 1 aromatic heterocycles. The Morgan fingerprint density at radius 1 is 0.720 bits per heavy atom. The van der Waals surface area contributed by atoms with E-state index in [4.69, 9.17) is 14.2 Å². The van der Waals surface area contributed by atoms with E-state index in [2.05, 4.69) is 4.98 Å². The minimum Gasteiger partial charge on any atom is -0.497 e. The van der Waals surface area contributed by atoms with Gasteiger partial charge in [-0.05, 0) is 57.3 Å². The lowest BCUT2D eigenvalue weighted by molar-refractivity contribution is 0.356. The van der Waals surface area contributed by atoms with Gasteiger partial charge < -0.3 is 19.2 Å². The Hall–Kier alpha value is -3.21. The second-order valence-corrected chi connectivity index (χ2v) is 5.76. The summed E-state index contributed by atoms with van der Waals surface area (Å²) in [7, 11) is 4.83. The van der Waals surface area contributed by atoms with Crippen molar-refractivity contribution in [2.75, 3.05) is 21.3 Å². The monoisotopic (exact) mass is 335 g/mol. The summed E-state index contributed by atoms with van der Waals surface area (Å²) in [5, 5.41) is 5.23. The Morgan fingerprint density at radius 2 is 1.40 bits per heavy atom. The number of nitrogens with one attached hydrogen (secondary N) is 1. The van der Waals surface area contributed by atoms with Gasteiger partial charge in [-0.1, -0.05) is 6.07 Å². The minimum atomic E-state index is -0.132. The Kier molecular flexibility index (Phi) is 3.50. The van der Waals surface area contributed by atoms with Crippen molar-refractivity contribution in [3.63, 3.8) is 0 Å². The second kappa shape index (κ2) is 5.70. The van der Waals surface area contributed by atoms with E-state index in [1.807, 2.05) is 36.4 Å². The fourth-order valence-corrected chi connectivity index (χ4v) is 3.39. The normalized spacial score (nSPS) is 11.2. The van der Waals surface area contributed by atoms with E-state index in [9.17, 15) is 4.79 Å². The molecule has 126 valence electrons. The maximum atomic E-state index is 12.6. The van der Waals surface area contributed by atoms with Crippen LogP contribution in [0.5, 0.6) is 17.2 Å². The van der Waals surface area contributed by atoms with Gasteiger partial charge in [0.05, 0.1) is 26.7 Å². The number of ether oxygens (including phenoxy) is 3. The molecule has 0 aliphatic carbocycles. The predicted octanol–water partition coefficient (Wildman–Crippen LogP) is 3.86. The summed E-state index contributed by atoms with van der Waals surface area (Å²) >= 11 is 0. The first-order valence-electron chi connectivity index (χ1n) is 7.84. The molecule has 25 heavy (non-hydrogen) atoms. The van der Waals surface area contributed by atoms with Crippen molar-refractivity contribution in [3.8, 4) is 17.2 Å². The summed E-state index contributed by atoms with van der Waals surface area (Å²) in [6.07, 6.45) is 1.66. The highest BCUT2D eigenvalue weighted by atomic mass is 16.5. The molecule has 0 unspecified atom stereocenters. The van der Waals surface area contributed by atoms with Crippen LogP contribution in [0.2, 0.25) is 0 Å². The number of aromatic amines is 1. The van der Waals surface area contributed by atoms with Gasteiger partial charge in [0.1, 0.15) is 5.75 Å².